The van der Waals surface area contributed by atoms with Gasteiger partial charge in [-0.3, -0.25) is 0 Å². The Hall–Kier alpha value is -3.10. The number of hydrogen-bond donors (Lipinski definition) is 2. The minimum absolute atomic E-state index is 0.0999. The summed E-state index contributed by atoms with van der Waals surface area (Å²) in [5, 5.41) is 13.2. The van der Waals surface area contributed by atoms with Crippen molar-refractivity contribution < 1.29 is 23.1 Å². The molecule has 0 atom stereocenters. The van der Waals surface area contributed by atoms with Crippen molar-refractivity contribution in [2.24, 2.45) is 0 Å². The summed E-state index contributed by atoms with van der Waals surface area (Å²) in [5.74, 6) is -1.40. The molecule has 3 N–H and O–H groups in total. The molecule has 0 saturated carbocycles. The van der Waals surface area contributed by atoms with Crippen LogP contribution in [0.3, 0.4) is 0 Å². The summed E-state index contributed by atoms with van der Waals surface area (Å²) >= 11 is 0. The lowest BCUT2D eigenvalue weighted by atomic mass is 10.0. The van der Waals surface area contributed by atoms with Crippen LogP contribution in [0.1, 0.15) is 16.1 Å². The number of aromatic carboxylic acids is 1. The lowest BCUT2D eigenvalue weighted by molar-refractivity contribution is -0.137. The number of carboxylic acids is 1. The second kappa shape index (κ2) is 4.97. The third-order valence-corrected chi connectivity index (χ3v) is 3.24. The van der Waals surface area contributed by atoms with Gasteiger partial charge in [0.2, 0.25) is 5.95 Å². The summed E-state index contributed by atoms with van der Waals surface area (Å²) in [7, 11) is 0. The van der Waals surface area contributed by atoms with Crippen molar-refractivity contribution in [3.63, 3.8) is 0 Å². The van der Waals surface area contributed by atoms with Gasteiger partial charge in [-0.15, -0.1) is 5.10 Å². The second-order valence-corrected chi connectivity index (χ2v) is 4.72. The van der Waals surface area contributed by atoms with Crippen LogP contribution < -0.4 is 5.73 Å². The van der Waals surface area contributed by atoms with Crippen LogP contribution in [-0.4, -0.2) is 25.7 Å². The molecular weight excluding hydrogens is 313 g/mol. The largest absolute Gasteiger partial charge is 0.476 e. The quantitative estimate of drug-likeness (QED) is 0.756. The van der Waals surface area contributed by atoms with Gasteiger partial charge in [-0.25, -0.2) is 9.31 Å². The van der Waals surface area contributed by atoms with Gasteiger partial charge < -0.3 is 10.8 Å². The highest BCUT2D eigenvalue weighted by Crippen LogP contribution is 2.32. The fraction of sp³-hybridized carbons (Fsp3) is 0.0714. The van der Waals surface area contributed by atoms with E-state index < -0.39 is 17.7 Å². The van der Waals surface area contributed by atoms with Gasteiger partial charge in [0.15, 0.2) is 11.3 Å². The average molecular weight is 322 g/mol. The van der Waals surface area contributed by atoms with Crippen molar-refractivity contribution in [3.05, 3.63) is 47.7 Å². The number of fused-ring (bicyclic) bond motifs is 1. The summed E-state index contributed by atoms with van der Waals surface area (Å²) in [6, 6.07) is 7.13. The fourth-order valence-electron chi connectivity index (χ4n) is 2.24. The number of hydrogen-bond acceptors (Lipinski definition) is 4. The molecule has 0 saturated heterocycles. The standard InChI is InChI=1S/C14H9F3N4O2/c15-14(16,17)8-3-1-7(2-4-8)9-5-6-10-19-13(18)20-21(10)11(9)12(22)23/h1-6H,(H2,18,20)(H,22,23). The van der Waals surface area contributed by atoms with E-state index in [1.807, 2.05) is 0 Å². The fourth-order valence-corrected chi connectivity index (χ4v) is 2.24. The van der Waals surface area contributed by atoms with Crippen LogP contribution in [0.25, 0.3) is 16.8 Å². The Morgan fingerprint density at radius 1 is 1.13 bits per heavy atom. The predicted molar refractivity (Wildman–Crippen MR) is 74.8 cm³/mol. The topological polar surface area (TPSA) is 93.5 Å². The molecule has 3 aromatic rings. The number of carbonyl (C=O) groups is 1. The maximum atomic E-state index is 12.6. The van der Waals surface area contributed by atoms with Gasteiger partial charge in [0.25, 0.3) is 0 Å². The number of rotatable bonds is 2. The number of nitrogens with zero attached hydrogens (tertiary/aromatic N) is 3. The molecule has 23 heavy (non-hydrogen) atoms. The van der Waals surface area contributed by atoms with Gasteiger partial charge in [0.05, 0.1) is 5.56 Å². The average Bonchev–Trinajstić information content (AvgIpc) is 2.85. The van der Waals surface area contributed by atoms with Crippen molar-refractivity contribution >= 4 is 17.6 Å². The van der Waals surface area contributed by atoms with Crippen molar-refractivity contribution in [1.29, 1.82) is 0 Å². The highest BCUT2D eigenvalue weighted by atomic mass is 19.4. The molecule has 0 radical (unpaired) electrons. The van der Waals surface area contributed by atoms with E-state index in [0.29, 0.717) is 5.56 Å². The van der Waals surface area contributed by atoms with E-state index >= 15 is 0 Å². The molecule has 0 unspecified atom stereocenters. The third kappa shape index (κ3) is 2.56. The van der Waals surface area contributed by atoms with Crippen LogP contribution in [0.4, 0.5) is 19.1 Å². The number of aromatic nitrogens is 3. The summed E-state index contributed by atoms with van der Waals surface area (Å²) in [4.78, 5) is 15.4. The van der Waals surface area contributed by atoms with Crippen molar-refractivity contribution in [1.82, 2.24) is 14.6 Å². The number of carboxylic acid groups (broad SMARTS) is 1. The van der Waals surface area contributed by atoms with Crippen LogP contribution in [0.15, 0.2) is 36.4 Å². The van der Waals surface area contributed by atoms with E-state index in [2.05, 4.69) is 10.1 Å². The van der Waals surface area contributed by atoms with Crippen LogP contribution in [0.5, 0.6) is 0 Å². The number of anilines is 1. The number of alkyl halides is 3. The van der Waals surface area contributed by atoms with Crippen LogP contribution in [-0.2, 0) is 6.18 Å². The lowest BCUT2D eigenvalue weighted by Gasteiger charge is -2.10. The molecule has 2 heterocycles. The van der Waals surface area contributed by atoms with E-state index in [1.54, 1.807) is 0 Å². The van der Waals surface area contributed by atoms with Gasteiger partial charge in [-0.05, 0) is 29.8 Å². The maximum absolute atomic E-state index is 12.6. The number of nitrogens with two attached hydrogens (primary N) is 1. The minimum Gasteiger partial charge on any atom is -0.476 e. The molecule has 0 fully saturated rings. The molecule has 0 aliphatic heterocycles. The molecule has 0 spiro atoms. The molecule has 6 nitrogen and oxygen atoms in total. The molecule has 1 aromatic carbocycles. The molecule has 0 aliphatic carbocycles. The molecule has 9 heteroatoms. The summed E-state index contributed by atoms with van der Waals surface area (Å²) in [6.45, 7) is 0. The normalized spacial score (nSPS) is 11.8. The Morgan fingerprint density at radius 2 is 1.78 bits per heavy atom. The zero-order chi connectivity index (χ0) is 16.8. The molecule has 118 valence electrons. The van der Waals surface area contributed by atoms with Gasteiger partial charge in [-0.1, -0.05) is 12.1 Å². The highest BCUT2D eigenvalue weighted by Gasteiger charge is 2.30. The second-order valence-electron chi connectivity index (χ2n) is 4.72. The summed E-state index contributed by atoms with van der Waals surface area (Å²) < 4.78 is 38.9. The Balaban J connectivity index is 2.19. The molecule has 3 rings (SSSR count). The van der Waals surface area contributed by atoms with E-state index in [-0.39, 0.29) is 22.9 Å². The molecular formula is C14H9F3N4O2. The van der Waals surface area contributed by atoms with E-state index in [0.717, 1.165) is 16.6 Å². The first kappa shape index (κ1) is 14.8. The smallest absolute Gasteiger partial charge is 0.416 e. The van der Waals surface area contributed by atoms with Crippen LogP contribution in [0.2, 0.25) is 0 Å². The predicted octanol–water partition coefficient (Wildman–Crippen LogP) is 2.70. The van der Waals surface area contributed by atoms with Crippen molar-refractivity contribution in [3.8, 4) is 11.1 Å². The SMILES string of the molecule is Nc1nc2ccc(-c3ccc(C(F)(F)F)cc3)c(C(=O)O)n2n1. The van der Waals surface area contributed by atoms with Crippen LogP contribution >= 0.6 is 0 Å². The van der Waals surface area contributed by atoms with Gasteiger partial charge in [0, 0.05) is 5.56 Å². The summed E-state index contributed by atoms with van der Waals surface area (Å²) in [6.07, 6.45) is -4.46. The first-order chi connectivity index (χ1) is 10.8. The monoisotopic (exact) mass is 322 g/mol. The molecule has 0 bridgehead atoms. The van der Waals surface area contributed by atoms with Gasteiger partial charge in [0.1, 0.15) is 0 Å². The third-order valence-electron chi connectivity index (χ3n) is 3.24. The Kier molecular flexibility index (Phi) is 3.20. The van der Waals surface area contributed by atoms with Crippen molar-refractivity contribution in [2.75, 3.05) is 5.73 Å². The first-order valence-electron chi connectivity index (χ1n) is 6.33. The van der Waals surface area contributed by atoms with E-state index in [1.165, 1.54) is 24.3 Å². The van der Waals surface area contributed by atoms with Gasteiger partial charge >= 0.3 is 12.1 Å². The number of halogens is 3. The maximum Gasteiger partial charge on any atom is 0.416 e. The Labute approximate surface area is 127 Å². The van der Waals surface area contributed by atoms with E-state index in [9.17, 15) is 23.1 Å². The van der Waals surface area contributed by atoms with E-state index in [4.69, 9.17) is 5.73 Å². The highest BCUT2D eigenvalue weighted by molar-refractivity contribution is 5.95. The number of benzene rings is 1. The molecule has 0 amide bonds. The summed E-state index contributed by atoms with van der Waals surface area (Å²) in [5.41, 5.74) is 5.16. The number of nitrogen functional groups attached to an aromatic ring is 1. The Morgan fingerprint density at radius 3 is 2.35 bits per heavy atom. The Bertz CT molecular complexity index is 901. The van der Waals surface area contributed by atoms with Gasteiger partial charge in [-0.2, -0.15) is 18.2 Å². The lowest BCUT2D eigenvalue weighted by Crippen LogP contribution is -2.09. The molecule has 0 aliphatic rings. The minimum atomic E-state index is -4.46. The first-order valence-corrected chi connectivity index (χ1v) is 6.33. The molecule has 2 aromatic heterocycles. The van der Waals surface area contributed by atoms with Crippen LogP contribution in [0, 0.1) is 0 Å². The number of pyridine rings is 1. The zero-order valence-corrected chi connectivity index (χ0v) is 11.4. The zero-order valence-electron chi connectivity index (χ0n) is 11.4. The van der Waals surface area contributed by atoms with Crippen molar-refractivity contribution in [2.45, 2.75) is 6.18 Å².